The molecule has 1 saturated heterocycles. The molecule has 0 unspecified atom stereocenters. The monoisotopic (exact) mass is 208 g/mol. The average Bonchev–Trinajstić information content (AvgIpc) is 2.21. The van der Waals surface area contributed by atoms with E-state index in [1.807, 2.05) is 12.1 Å². The highest BCUT2D eigenvalue weighted by Gasteiger charge is 2.19. The molecule has 2 rings (SSSR count). The Morgan fingerprint density at radius 3 is 2.29 bits per heavy atom. The molecule has 0 amide bonds. The van der Waals surface area contributed by atoms with Crippen molar-refractivity contribution >= 4 is 8.80 Å². The molecule has 0 nitrogen and oxygen atoms in total. The van der Waals surface area contributed by atoms with Gasteiger partial charge < -0.3 is 0 Å². The van der Waals surface area contributed by atoms with Crippen LogP contribution in [0.3, 0.4) is 0 Å². The number of hydrogen-bond donors (Lipinski definition) is 0. The maximum atomic E-state index is 12.7. The van der Waals surface area contributed by atoms with Crippen LogP contribution in [0.2, 0.25) is 18.6 Å². The molecule has 0 saturated carbocycles. The summed E-state index contributed by atoms with van der Waals surface area (Å²) >= 11 is 0. The van der Waals surface area contributed by atoms with Crippen molar-refractivity contribution in [2.45, 2.75) is 37.4 Å². The molecule has 76 valence electrons. The van der Waals surface area contributed by atoms with E-state index in [1.54, 1.807) is 12.1 Å². The van der Waals surface area contributed by atoms with Crippen molar-refractivity contribution in [2.24, 2.45) is 0 Å². The highest BCUT2D eigenvalue weighted by Crippen LogP contribution is 2.33. The predicted molar refractivity (Wildman–Crippen MR) is 61.0 cm³/mol. The zero-order valence-corrected chi connectivity index (χ0v) is 9.83. The largest absolute Gasteiger partial charge is 0.207 e. The van der Waals surface area contributed by atoms with Crippen molar-refractivity contribution in [1.82, 2.24) is 0 Å². The van der Waals surface area contributed by atoms with Crippen LogP contribution in [0.15, 0.2) is 24.3 Å². The Hall–Kier alpha value is -0.633. The van der Waals surface area contributed by atoms with Gasteiger partial charge >= 0.3 is 0 Å². The predicted octanol–water partition coefficient (Wildman–Crippen LogP) is 3.56. The number of hydrogen-bond acceptors (Lipinski definition) is 0. The minimum Gasteiger partial charge on any atom is -0.207 e. The highest BCUT2D eigenvalue weighted by molar-refractivity contribution is 6.57. The van der Waals surface area contributed by atoms with Gasteiger partial charge in [0.25, 0.3) is 0 Å². The fraction of sp³-hybridized carbons (Fsp3) is 0.500. The smallest absolute Gasteiger partial charge is 0.123 e. The second kappa shape index (κ2) is 4.26. The van der Waals surface area contributed by atoms with Crippen molar-refractivity contribution in [1.29, 1.82) is 0 Å². The summed E-state index contributed by atoms with van der Waals surface area (Å²) in [7, 11) is -0.341. The average molecular weight is 208 g/mol. The highest BCUT2D eigenvalue weighted by atomic mass is 28.3. The lowest BCUT2D eigenvalue weighted by Crippen LogP contribution is -2.16. The summed E-state index contributed by atoms with van der Waals surface area (Å²) in [6, 6.07) is 10.0. The molecule has 1 aliphatic rings. The Morgan fingerprint density at radius 1 is 1.14 bits per heavy atom. The van der Waals surface area contributed by atoms with E-state index in [9.17, 15) is 4.39 Å². The number of rotatable bonds is 1. The van der Waals surface area contributed by atoms with Gasteiger partial charge in [0.2, 0.25) is 0 Å². The summed E-state index contributed by atoms with van der Waals surface area (Å²) in [5.74, 6) is 0.589. The topological polar surface area (TPSA) is 0 Å². The SMILES string of the molecule is C[SiH]1CCC(c2ccc(F)cc2)CC1. The first-order valence-electron chi connectivity index (χ1n) is 5.51. The molecule has 1 aromatic carbocycles. The lowest BCUT2D eigenvalue weighted by Gasteiger charge is -2.25. The van der Waals surface area contributed by atoms with Gasteiger partial charge in [-0.05, 0) is 36.5 Å². The van der Waals surface area contributed by atoms with Crippen molar-refractivity contribution in [3.05, 3.63) is 35.6 Å². The lowest BCUT2D eigenvalue weighted by atomic mass is 9.93. The van der Waals surface area contributed by atoms with Crippen molar-refractivity contribution in [3.8, 4) is 0 Å². The van der Waals surface area contributed by atoms with E-state index in [0.717, 1.165) is 0 Å². The fourth-order valence-corrected chi connectivity index (χ4v) is 4.56. The Balaban J connectivity index is 2.05. The van der Waals surface area contributed by atoms with E-state index in [4.69, 9.17) is 0 Å². The van der Waals surface area contributed by atoms with Crippen molar-refractivity contribution in [3.63, 3.8) is 0 Å². The van der Waals surface area contributed by atoms with Gasteiger partial charge in [0.1, 0.15) is 5.82 Å². The minimum atomic E-state index is -0.341. The standard InChI is InChI=1S/C12H17FSi/c1-14-8-6-11(7-9-14)10-2-4-12(13)5-3-10/h2-5,11,14H,6-9H2,1H3. The van der Waals surface area contributed by atoms with Gasteiger partial charge in [-0.3, -0.25) is 0 Å². The third kappa shape index (κ3) is 2.24. The Morgan fingerprint density at radius 2 is 1.71 bits per heavy atom. The van der Waals surface area contributed by atoms with Crippen LogP contribution >= 0.6 is 0 Å². The summed E-state index contributed by atoms with van der Waals surface area (Å²) in [5.41, 5.74) is 1.34. The molecule has 0 radical (unpaired) electrons. The van der Waals surface area contributed by atoms with Crippen LogP contribution in [0.5, 0.6) is 0 Å². The third-order valence-electron chi connectivity index (χ3n) is 3.36. The molecular weight excluding hydrogens is 191 g/mol. The van der Waals surface area contributed by atoms with Crippen LogP contribution < -0.4 is 0 Å². The van der Waals surface area contributed by atoms with Crippen LogP contribution in [0.4, 0.5) is 4.39 Å². The summed E-state index contributed by atoms with van der Waals surface area (Å²) < 4.78 is 12.7. The summed E-state index contributed by atoms with van der Waals surface area (Å²) in [6.45, 7) is 2.46. The Labute approximate surface area is 86.8 Å². The molecule has 1 heterocycles. The fourth-order valence-electron chi connectivity index (χ4n) is 2.33. The molecule has 0 spiro atoms. The third-order valence-corrected chi connectivity index (χ3v) is 6.00. The maximum absolute atomic E-state index is 12.7. The van der Waals surface area contributed by atoms with Gasteiger partial charge in [-0.1, -0.05) is 30.8 Å². The van der Waals surface area contributed by atoms with Crippen LogP contribution in [-0.2, 0) is 0 Å². The summed E-state index contributed by atoms with van der Waals surface area (Å²) in [5, 5.41) is 0. The molecule has 0 bridgehead atoms. The van der Waals surface area contributed by atoms with Gasteiger partial charge in [-0.15, -0.1) is 0 Å². The van der Waals surface area contributed by atoms with Crippen LogP contribution in [0.25, 0.3) is 0 Å². The first kappa shape index (κ1) is 9.90. The quantitative estimate of drug-likeness (QED) is 0.619. The summed E-state index contributed by atoms with van der Waals surface area (Å²) in [4.78, 5) is 0. The van der Waals surface area contributed by atoms with Gasteiger partial charge in [-0.25, -0.2) is 4.39 Å². The van der Waals surface area contributed by atoms with Crippen LogP contribution in [0, 0.1) is 5.82 Å². The van der Waals surface area contributed by atoms with Crippen LogP contribution in [-0.4, -0.2) is 8.80 Å². The van der Waals surface area contributed by atoms with Gasteiger partial charge in [0.15, 0.2) is 0 Å². The molecule has 0 aliphatic carbocycles. The number of benzene rings is 1. The van der Waals surface area contributed by atoms with E-state index >= 15 is 0 Å². The first-order chi connectivity index (χ1) is 6.75. The second-order valence-corrected chi connectivity index (χ2v) is 7.87. The molecule has 0 atom stereocenters. The van der Waals surface area contributed by atoms with E-state index in [0.29, 0.717) is 5.92 Å². The van der Waals surface area contributed by atoms with Crippen LogP contribution in [0.1, 0.15) is 24.3 Å². The molecule has 14 heavy (non-hydrogen) atoms. The summed E-state index contributed by atoms with van der Waals surface area (Å²) in [6.07, 6.45) is 2.66. The lowest BCUT2D eigenvalue weighted by molar-refractivity contribution is 0.600. The first-order valence-corrected chi connectivity index (χ1v) is 8.30. The van der Waals surface area contributed by atoms with Crippen molar-refractivity contribution < 1.29 is 4.39 Å². The minimum absolute atomic E-state index is 0.118. The van der Waals surface area contributed by atoms with E-state index in [1.165, 1.54) is 30.5 Å². The zero-order valence-electron chi connectivity index (χ0n) is 8.67. The normalized spacial score (nSPS) is 27.6. The van der Waals surface area contributed by atoms with E-state index in [-0.39, 0.29) is 14.6 Å². The Bertz CT molecular complexity index is 286. The van der Waals surface area contributed by atoms with Gasteiger partial charge in [-0.2, -0.15) is 0 Å². The maximum Gasteiger partial charge on any atom is 0.123 e. The molecule has 1 fully saturated rings. The van der Waals surface area contributed by atoms with E-state index < -0.39 is 0 Å². The molecule has 1 aromatic rings. The number of halogens is 1. The Kier molecular flexibility index (Phi) is 3.01. The van der Waals surface area contributed by atoms with Crippen molar-refractivity contribution in [2.75, 3.05) is 0 Å². The zero-order chi connectivity index (χ0) is 9.97. The van der Waals surface area contributed by atoms with E-state index in [2.05, 4.69) is 6.55 Å². The second-order valence-electron chi connectivity index (χ2n) is 4.51. The van der Waals surface area contributed by atoms with Gasteiger partial charge in [0.05, 0.1) is 0 Å². The molecule has 0 N–H and O–H groups in total. The molecule has 1 aliphatic heterocycles. The molecular formula is C12H17FSi. The molecule has 2 heteroatoms. The van der Waals surface area contributed by atoms with Gasteiger partial charge in [0, 0.05) is 8.80 Å². The molecule has 0 aromatic heterocycles.